The summed E-state index contributed by atoms with van der Waals surface area (Å²) in [5.74, 6) is 0.152. The Balaban J connectivity index is 2.35. The van der Waals surface area contributed by atoms with Gasteiger partial charge in [0, 0.05) is 13.2 Å². The van der Waals surface area contributed by atoms with E-state index in [1.807, 2.05) is 13.0 Å². The molecule has 0 aromatic carbocycles. The van der Waals surface area contributed by atoms with Gasteiger partial charge in [0.1, 0.15) is 12.4 Å². The fraction of sp³-hybridized carbons (Fsp3) is 0.300. The average Bonchev–Trinajstić information content (AvgIpc) is 2.44. The van der Waals surface area contributed by atoms with Crippen LogP contribution in [0, 0.1) is 6.92 Å². The second-order valence-corrected chi connectivity index (χ2v) is 3.56. The Labute approximate surface area is 87.3 Å². The number of hydrogen-bond donors (Lipinski definition) is 0. The van der Waals surface area contributed by atoms with Gasteiger partial charge in [-0.2, -0.15) is 0 Å². The molecule has 0 atom stereocenters. The minimum absolute atomic E-state index is 0.119. The largest absolute Gasteiger partial charge is 0.332 e. The van der Waals surface area contributed by atoms with E-state index < -0.39 is 0 Å². The number of imide groups is 1. The Morgan fingerprint density at radius 2 is 2.07 bits per heavy atom. The fourth-order valence-electron chi connectivity index (χ4n) is 1.44. The van der Waals surface area contributed by atoms with Crippen LogP contribution in [0.15, 0.2) is 18.3 Å². The van der Waals surface area contributed by atoms with E-state index in [1.165, 1.54) is 4.90 Å². The number of pyridine rings is 1. The van der Waals surface area contributed by atoms with Gasteiger partial charge >= 0.3 is 6.03 Å². The van der Waals surface area contributed by atoms with Crippen molar-refractivity contribution < 1.29 is 9.59 Å². The van der Waals surface area contributed by atoms with Gasteiger partial charge in [0.25, 0.3) is 5.91 Å². The van der Waals surface area contributed by atoms with E-state index in [0.29, 0.717) is 5.82 Å². The number of aryl methyl sites for hydroxylation is 1. The molecule has 0 spiro atoms. The van der Waals surface area contributed by atoms with Crippen LogP contribution in [0.4, 0.5) is 10.6 Å². The van der Waals surface area contributed by atoms with Crippen molar-refractivity contribution in [1.29, 1.82) is 0 Å². The third-order valence-corrected chi connectivity index (χ3v) is 2.26. The molecule has 0 radical (unpaired) electrons. The third-order valence-electron chi connectivity index (χ3n) is 2.26. The number of carbonyl (C=O) groups excluding carboxylic acids is 2. The van der Waals surface area contributed by atoms with Crippen molar-refractivity contribution in [3.63, 3.8) is 0 Å². The van der Waals surface area contributed by atoms with Gasteiger partial charge in [0.05, 0.1) is 0 Å². The molecule has 1 fully saturated rings. The van der Waals surface area contributed by atoms with Crippen LogP contribution in [-0.4, -0.2) is 35.4 Å². The molecule has 2 heterocycles. The van der Waals surface area contributed by atoms with Gasteiger partial charge in [-0.05, 0) is 18.6 Å². The summed E-state index contributed by atoms with van der Waals surface area (Å²) in [6.45, 7) is 2.02. The van der Waals surface area contributed by atoms with E-state index in [1.54, 1.807) is 19.3 Å². The Kier molecular flexibility index (Phi) is 2.15. The van der Waals surface area contributed by atoms with Crippen LogP contribution >= 0.6 is 0 Å². The van der Waals surface area contributed by atoms with Crippen molar-refractivity contribution in [2.45, 2.75) is 6.92 Å². The summed E-state index contributed by atoms with van der Waals surface area (Å²) in [6.07, 6.45) is 1.63. The number of hydrogen-bond acceptors (Lipinski definition) is 3. The monoisotopic (exact) mass is 205 g/mol. The number of urea groups is 1. The van der Waals surface area contributed by atoms with Gasteiger partial charge in [0.15, 0.2) is 0 Å². The molecule has 0 saturated carbocycles. The van der Waals surface area contributed by atoms with Crippen LogP contribution in [0.25, 0.3) is 0 Å². The highest BCUT2D eigenvalue weighted by Gasteiger charge is 2.35. The zero-order valence-electron chi connectivity index (χ0n) is 8.60. The predicted molar refractivity (Wildman–Crippen MR) is 54.5 cm³/mol. The SMILES string of the molecule is Cc1ccc(N2C(=O)CN(C)C2=O)nc1. The second-order valence-electron chi connectivity index (χ2n) is 3.56. The molecule has 2 rings (SSSR count). The first-order chi connectivity index (χ1) is 7.09. The molecule has 5 heteroatoms. The van der Waals surface area contributed by atoms with E-state index in [9.17, 15) is 9.59 Å². The highest BCUT2D eigenvalue weighted by atomic mass is 16.2. The van der Waals surface area contributed by atoms with E-state index >= 15 is 0 Å². The molecule has 1 aliphatic heterocycles. The minimum Gasteiger partial charge on any atom is -0.318 e. The molecule has 3 amide bonds. The first-order valence-electron chi connectivity index (χ1n) is 4.60. The maximum Gasteiger partial charge on any atom is 0.332 e. The van der Waals surface area contributed by atoms with Crippen molar-refractivity contribution in [2.75, 3.05) is 18.5 Å². The van der Waals surface area contributed by atoms with Crippen molar-refractivity contribution in [3.05, 3.63) is 23.9 Å². The molecule has 1 aliphatic rings. The van der Waals surface area contributed by atoms with Crippen LogP contribution in [0.1, 0.15) is 5.56 Å². The lowest BCUT2D eigenvalue weighted by Gasteiger charge is -2.12. The zero-order chi connectivity index (χ0) is 11.0. The summed E-state index contributed by atoms with van der Waals surface area (Å²) in [5, 5.41) is 0. The first-order valence-corrected chi connectivity index (χ1v) is 4.60. The van der Waals surface area contributed by atoms with E-state index in [4.69, 9.17) is 0 Å². The Hall–Kier alpha value is -1.91. The van der Waals surface area contributed by atoms with E-state index in [0.717, 1.165) is 10.5 Å². The maximum atomic E-state index is 11.6. The molecule has 0 aliphatic carbocycles. The second kappa shape index (κ2) is 3.34. The zero-order valence-corrected chi connectivity index (χ0v) is 8.60. The molecular formula is C10H11N3O2. The summed E-state index contributed by atoms with van der Waals surface area (Å²) in [7, 11) is 1.59. The molecule has 1 aromatic rings. The lowest BCUT2D eigenvalue weighted by Crippen LogP contribution is -2.32. The van der Waals surface area contributed by atoms with Crippen LogP contribution in [0.2, 0.25) is 0 Å². The number of likely N-dealkylation sites (N-methyl/N-ethyl adjacent to an activating group) is 1. The Morgan fingerprint density at radius 3 is 2.53 bits per heavy atom. The van der Waals surface area contributed by atoms with E-state index in [2.05, 4.69) is 4.98 Å². The highest BCUT2D eigenvalue weighted by Crippen LogP contribution is 2.17. The number of aromatic nitrogens is 1. The van der Waals surface area contributed by atoms with Gasteiger partial charge < -0.3 is 4.90 Å². The highest BCUT2D eigenvalue weighted by molar-refractivity contribution is 6.19. The van der Waals surface area contributed by atoms with Crippen molar-refractivity contribution in [3.8, 4) is 0 Å². The molecule has 15 heavy (non-hydrogen) atoms. The van der Waals surface area contributed by atoms with Gasteiger partial charge in [-0.25, -0.2) is 14.7 Å². The normalized spacial score (nSPS) is 16.4. The summed E-state index contributed by atoms with van der Waals surface area (Å²) >= 11 is 0. The molecule has 0 bridgehead atoms. The van der Waals surface area contributed by atoms with E-state index in [-0.39, 0.29) is 18.5 Å². The molecule has 0 unspecified atom stereocenters. The van der Waals surface area contributed by atoms with Crippen LogP contribution in [-0.2, 0) is 4.79 Å². The average molecular weight is 205 g/mol. The molecule has 0 N–H and O–H groups in total. The van der Waals surface area contributed by atoms with Gasteiger partial charge in [0.2, 0.25) is 0 Å². The van der Waals surface area contributed by atoms with Crippen LogP contribution in [0.3, 0.4) is 0 Å². The van der Waals surface area contributed by atoms with Crippen LogP contribution < -0.4 is 4.90 Å². The molecule has 78 valence electrons. The summed E-state index contributed by atoms with van der Waals surface area (Å²) in [5.41, 5.74) is 0.992. The number of nitrogens with zero attached hydrogens (tertiary/aromatic N) is 3. The summed E-state index contributed by atoms with van der Waals surface area (Å²) in [4.78, 5) is 29.6. The van der Waals surface area contributed by atoms with Gasteiger partial charge in [-0.3, -0.25) is 4.79 Å². The van der Waals surface area contributed by atoms with Crippen molar-refractivity contribution in [2.24, 2.45) is 0 Å². The standard InChI is InChI=1S/C10H11N3O2/c1-7-3-4-8(11-5-7)13-9(14)6-12(2)10(13)15/h3-5H,6H2,1-2H3. The Bertz CT molecular complexity index is 413. The smallest absolute Gasteiger partial charge is 0.318 e. The lowest BCUT2D eigenvalue weighted by molar-refractivity contribution is -0.116. The molecular weight excluding hydrogens is 194 g/mol. The first kappa shape index (κ1) is 9.64. The maximum absolute atomic E-state index is 11.6. The summed E-state index contributed by atoms with van der Waals surface area (Å²) < 4.78 is 0. The molecule has 1 aromatic heterocycles. The number of carbonyl (C=O) groups is 2. The van der Waals surface area contributed by atoms with Crippen molar-refractivity contribution >= 4 is 17.8 Å². The number of rotatable bonds is 1. The Morgan fingerprint density at radius 1 is 1.33 bits per heavy atom. The predicted octanol–water partition coefficient (Wildman–Crippen LogP) is 0.788. The molecule has 5 nitrogen and oxygen atoms in total. The van der Waals surface area contributed by atoms with Crippen molar-refractivity contribution in [1.82, 2.24) is 9.88 Å². The quantitative estimate of drug-likeness (QED) is 0.637. The fourth-order valence-corrected chi connectivity index (χ4v) is 1.44. The minimum atomic E-state index is -0.323. The summed E-state index contributed by atoms with van der Waals surface area (Å²) in [6, 6.07) is 3.17. The lowest BCUT2D eigenvalue weighted by atomic mass is 10.3. The topological polar surface area (TPSA) is 53.5 Å². The van der Waals surface area contributed by atoms with Gasteiger partial charge in [-0.15, -0.1) is 0 Å². The number of anilines is 1. The third kappa shape index (κ3) is 1.56. The van der Waals surface area contributed by atoms with Gasteiger partial charge in [-0.1, -0.05) is 6.07 Å². The van der Waals surface area contributed by atoms with Crippen LogP contribution in [0.5, 0.6) is 0 Å². The molecule has 1 saturated heterocycles. The number of amides is 3.